The van der Waals surface area contributed by atoms with E-state index in [9.17, 15) is 0 Å². The number of hydrogen-bond acceptors (Lipinski definition) is 4. The van der Waals surface area contributed by atoms with Gasteiger partial charge in [-0.25, -0.2) is 4.98 Å². The average molecular weight is 227 g/mol. The SMILES string of the molecule is CSc1cncc(-c2ccnc(C#N)c2)c1. The second kappa shape index (κ2) is 4.77. The lowest BCUT2D eigenvalue weighted by Crippen LogP contribution is -1.85. The van der Waals surface area contributed by atoms with E-state index < -0.39 is 0 Å². The lowest BCUT2D eigenvalue weighted by Gasteiger charge is -2.02. The van der Waals surface area contributed by atoms with Crippen LogP contribution in [0.2, 0.25) is 0 Å². The van der Waals surface area contributed by atoms with Crippen LogP contribution in [0.4, 0.5) is 0 Å². The molecule has 4 heteroatoms. The molecule has 0 amide bonds. The monoisotopic (exact) mass is 227 g/mol. The fourth-order valence-corrected chi connectivity index (χ4v) is 1.77. The molecular formula is C12H9N3S. The minimum absolute atomic E-state index is 0.423. The number of rotatable bonds is 2. The molecule has 0 aliphatic heterocycles. The Morgan fingerprint density at radius 1 is 1.25 bits per heavy atom. The van der Waals surface area contributed by atoms with Crippen molar-refractivity contribution in [2.45, 2.75) is 4.90 Å². The Bertz CT molecular complexity index is 546. The van der Waals surface area contributed by atoms with Gasteiger partial charge in [-0.3, -0.25) is 4.98 Å². The zero-order valence-electron chi connectivity index (χ0n) is 8.71. The van der Waals surface area contributed by atoms with Gasteiger partial charge in [-0.15, -0.1) is 11.8 Å². The number of aromatic nitrogens is 2. The summed E-state index contributed by atoms with van der Waals surface area (Å²) in [6.07, 6.45) is 7.25. The topological polar surface area (TPSA) is 49.6 Å². The van der Waals surface area contributed by atoms with Gasteiger partial charge in [-0.2, -0.15) is 5.26 Å². The maximum absolute atomic E-state index is 8.78. The molecule has 2 rings (SSSR count). The van der Waals surface area contributed by atoms with Crippen LogP contribution in [0.15, 0.2) is 41.7 Å². The molecule has 0 N–H and O–H groups in total. The van der Waals surface area contributed by atoms with Crippen LogP contribution < -0.4 is 0 Å². The molecule has 0 radical (unpaired) electrons. The van der Waals surface area contributed by atoms with E-state index in [-0.39, 0.29) is 0 Å². The summed E-state index contributed by atoms with van der Waals surface area (Å²) in [5, 5.41) is 8.78. The lowest BCUT2D eigenvalue weighted by atomic mass is 10.1. The summed E-state index contributed by atoms with van der Waals surface area (Å²) < 4.78 is 0. The van der Waals surface area contributed by atoms with Crippen LogP contribution in [0.5, 0.6) is 0 Å². The minimum Gasteiger partial charge on any atom is -0.263 e. The second-order valence-electron chi connectivity index (χ2n) is 3.16. The third-order valence-corrected chi connectivity index (χ3v) is 2.85. The Labute approximate surface area is 98.2 Å². The summed E-state index contributed by atoms with van der Waals surface area (Å²) in [4.78, 5) is 9.21. The molecule has 0 fully saturated rings. The van der Waals surface area contributed by atoms with Crippen LogP contribution in [0.3, 0.4) is 0 Å². The normalized spacial score (nSPS) is 9.75. The molecular weight excluding hydrogens is 218 g/mol. The fraction of sp³-hybridized carbons (Fsp3) is 0.0833. The summed E-state index contributed by atoms with van der Waals surface area (Å²) in [5.41, 5.74) is 2.40. The van der Waals surface area contributed by atoms with Crippen LogP contribution in [0, 0.1) is 11.3 Å². The van der Waals surface area contributed by atoms with Gasteiger partial charge in [0.1, 0.15) is 11.8 Å². The van der Waals surface area contributed by atoms with Crippen molar-refractivity contribution >= 4 is 11.8 Å². The lowest BCUT2D eigenvalue weighted by molar-refractivity contribution is 1.23. The zero-order chi connectivity index (χ0) is 11.4. The molecule has 0 saturated carbocycles. The van der Waals surface area contributed by atoms with Crippen LogP contribution >= 0.6 is 11.8 Å². The van der Waals surface area contributed by atoms with Crippen molar-refractivity contribution in [3.05, 3.63) is 42.5 Å². The zero-order valence-corrected chi connectivity index (χ0v) is 9.53. The highest BCUT2D eigenvalue weighted by Crippen LogP contribution is 2.23. The Balaban J connectivity index is 2.46. The smallest absolute Gasteiger partial charge is 0.141 e. The summed E-state index contributed by atoms with van der Waals surface area (Å²) >= 11 is 1.64. The number of nitrogens with zero attached hydrogens (tertiary/aromatic N) is 3. The number of pyridine rings is 2. The van der Waals surface area contributed by atoms with Gasteiger partial charge in [0.2, 0.25) is 0 Å². The van der Waals surface area contributed by atoms with Gasteiger partial charge in [0, 0.05) is 29.0 Å². The molecule has 16 heavy (non-hydrogen) atoms. The Hall–Kier alpha value is -1.86. The van der Waals surface area contributed by atoms with Crippen LogP contribution in [0.1, 0.15) is 5.69 Å². The number of thioether (sulfide) groups is 1. The van der Waals surface area contributed by atoms with Crippen molar-refractivity contribution in [3.63, 3.8) is 0 Å². The van der Waals surface area contributed by atoms with Crippen molar-refractivity contribution < 1.29 is 0 Å². The van der Waals surface area contributed by atoms with E-state index in [0.717, 1.165) is 16.0 Å². The molecule has 0 bridgehead atoms. The van der Waals surface area contributed by atoms with E-state index >= 15 is 0 Å². The molecule has 0 aliphatic rings. The van der Waals surface area contributed by atoms with Crippen molar-refractivity contribution in [2.75, 3.05) is 6.26 Å². The molecule has 3 nitrogen and oxygen atoms in total. The van der Waals surface area contributed by atoms with Gasteiger partial charge in [0.25, 0.3) is 0 Å². The van der Waals surface area contributed by atoms with Gasteiger partial charge in [-0.1, -0.05) is 0 Å². The molecule has 0 aromatic carbocycles. The predicted octanol–water partition coefficient (Wildman–Crippen LogP) is 2.74. The van der Waals surface area contributed by atoms with Crippen molar-refractivity contribution in [1.82, 2.24) is 9.97 Å². The molecule has 0 atom stereocenters. The molecule has 2 heterocycles. The predicted molar refractivity (Wildman–Crippen MR) is 64.0 cm³/mol. The van der Waals surface area contributed by atoms with Crippen molar-refractivity contribution in [3.8, 4) is 17.2 Å². The van der Waals surface area contributed by atoms with Crippen molar-refractivity contribution in [2.24, 2.45) is 0 Å². The first kappa shape index (κ1) is 10.7. The quantitative estimate of drug-likeness (QED) is 0.740. The van der Waals surface area contributed by atoms with Gasteiger partial charge in [-0.05, 0) is 30.0 Å². The number of hydrogen-bond donors (Lipinski definition) is 0. The van der Waals surface area contributed by atoms with Gasteiger partial charge >= 0.3 is 0 Å². The second-order valence-corrected chi connectivity index (χ2v) is 4.03. The van der Waals surface area contributed by atoms with Crippen LogP contribution in [0.25, 0.3) is 11.1 Å². The summed E-state index contributed by atoms with van der Waals surface area (Å²) in [5.74, 6) is 0. The Kier molecular flexibility index (Phi) is 3.18. The summed E-state index contributed by atoms with van der Waals surface area (Å²) in [6.45, 7) is 0. The first-order chi connectivity index (χ1) is 7.83. The largest absolute Gasteiger partial charge is 0.263 e. The third kappa shape index (κ3) is 2.20. The number of nitriles is 1. The summed E-state index contributed by atoms with van der Waals surface area (Å²) in [6, 6.07) is 7.72. The minimum atomic E-state index is 0.423. The molecule has 0 aliphatic carbocycles. The fourth-order valence-electron chi connectivity index (χ4n) is 1.36. The molecule has 0 unspecified atom stereocenters. The van der Waals surface area contributed by atoms with E-state index in [0.29, 0.717) is 5.69 Å². The Morgan fingerprint density at radius 2 is 2.12 bits per heavy atom. The van der Waals surface area contributed by atoms with Crippen molar-refractivity contribution in [1.29, 1.82) is 5.26 Å². The molecule has 78 valence electrons. The van der Waals surface area contributed by atoms with Gasteiger partial charge in [0.15, 0.2) is 0 Å². The van der Waals surface area contributed by atoms with E-state index in [1.165, 1.54) is 0 Å². The maximum Gasteiger partial charge on any atom is 0.141 e. The molecule has 0 spiro atoms. The molecule has 2 aromatic rings. The van der Waals surface area contributed by atoms with E-state index in [1.807, 2.05) is 30.7 Å². The standard InChI is InChI=1S/C12H9N3S/c1-16-12-5-10(7-14-8-12)9-2-3-15-11(4-9)6-13/h2-5,7-8H,1H3. The van der Waals surface area contributed by atoms with Crippen LogP contribution in [-0.2, 0) is 0 Å². The third-order valence-electron chi connectivity index (χ3n) is 2.16. The first-order valence-electron chi connectivity index (χ1n) is 4.69. The van der Waals surface area contributed by atoms with Crippen LogP contribution in [-0.4, -0.2) is 16.2 Å². The average Bonchev–Trinajstić information content (AvgIpc) is 2.39. The van der Waals surface area contributed by atoms with Gasteiger partial charge < -0.3 is 0 Å². The molecule has 0 saturated heterocycles. The van der Waals surface area contributed by atoms with Gasteiger partial charge in [0.05, 0.1) is 0 Å². The van der Waals surface area contributed by atoms with E-state index in [1.54, 1.807) is 30.2 Å². The van der Waals surface area contributed by atoms with E-state index in [4.69, 9.17) is 5.26 Å². The molecule has 2 aromatic heterocycles. The summed E-state index contributed by atoms with van der Waals surface area (Å²) in [7, 11) is 0. The highest BCUT2D eigenvalue weighted by Gasteiger charge is 2.01. The Morgan fingerprint density at radius 3 is 2.88 bits per heavy atom. The highest BCUT2D eigenvalue weighted by molar-refractivity contribution is 7.98. The highest BCUT2D eigenvalue weighted by atomic mass is 32.2. The van der Waals surface area contributed by atoms with E-state index in [2.05, 4.69) is 9.97 Å². The maximum atomic E-state index is 8.78. The first-order valence-corrected chi connectivity index (χ1v) is 5.91.